The van der Waals surface area contributed by atoms with Crippen molar-refractivity contribution in [2.75, 3.05) is 12.3 Å². The van der Waals surface area contributed by atoms with Crippen molar-refractivity contribution in [3.63, 3.8) is 0 Å². The van der Waals surface area contributed by atoms with E-state index in [1.165, 1.54) is 5.56 Å². The molecule has 1 atom stereocenters. The third-order valence-corrected chi connectivity index (χ3v) is 6.97. The second-order valence-corrected chi connectivity index (χ2v) is 9.28. The minimum atomic E-state index is -0.0715. The Morgan fingerprint density at radius 3 is 2.41 bits per heavy atom. The fourth-order valence-corrected chi connectivity index (χ4v) is 5.04. The zero-order valence-corrected chi connectivity index (χ0v) is 19.2. The monoisotopic (exact) mass is 464 g/mol. The number of aryl methyl sites for hydroxylation is 1. The molecule has 1 fully saturated rings. The summed E-state index contributed by atoms with van der Waals surface area (Å²) in [5, 5.41) is 3.62. The third-order valence-electron chi connectivity index (χ3n) is 5.46. The van der Waals surface area contributed by atoms with E-state index in [1.807, 2.05) is 71.6 Å². The second-order valence-electron chi connectivity index (χ2n) is 7.78. The van der Waals surface area contributed by atoms with Crippen LogP contribution in [-0.4, -0.2) is 29.0 Å². The van der Waals surface area contributed by atoms with Crippen molar-refractivity contribution in [2.45, 2.75) is 24.8 Å². The second kappa shape index (κ2) is 10.7. The number of benzene rings is 3. The number of carbonyl (C=O) groups excluding carboxylic acids is 2. The predicted octanol–water partition coefficient (Wildman–Crippen LogP) is 5.48. The van der Waals surface area contributed by atoms with Gasteiger partial charge in [0.25, 0.3) is 5.91 Å². The van der Waals surface area contributed by atoms with Crippen LogP contribution >= 0.6 is 23.4 Å². The van der Waals surface area contributed by atoms with Crippen LogP contribution in [0.1, 0.15) is 38.8 Å². The van der Waals surface area contributed by atoms with Crippen molar-refractivity contribution in [1.29, 1.82) is 0 Å². The van der Waals surface area contributed by atoms with Crippen LogP contribution in [0.2, 0.25) is 5.02 Å². The molecule has 164 valence electrons. The average molecular weight is 465 g/mol. The highest BCUT2D eigenvalue weighted by Gasteiger charge is 2.32. The van der Waals surface area contributed by atoms with Gasteiger partial charge in [0, 0.05) is 23.7 Å². The highest BCUT2D eigenvalue weighted by molar-refractivity contribution is 8.00. The molecule has 3 aromatic carbocycles. The van der Waals surface area contributed by atoms with Crippen LogP contribution in [0, 0.1) is 0 Å². The first-order valence-electron chi connectivity index (χ1n) is 10.7. The number of nitrogens with zero attached hydrogens (tertiary/aromatic N) is 1. The summed E-state index contributed by atoms with van der Waals surface area (Å²) in [6, 6.07) is 25.4. The lowest BCUT2D eigenvalue weighted by molar-refractivity contribution is -0.128. The number of carbonyl (C=O) groups is 2. The minimum Gasteiger partial charge on any atom is -0.352 e. The van der Waals surface area contributed by atoms with Crippen molar-refractivity contribution < 1.29 is 9.59 Å². The SMILES string of the molecule is O=C(NCCCc1ccccc1)c1ccc([C@H]2SCC(=O)N2Cc2ccc(Cl)cc2)cc1. The van der Waals surface area contributed by atoms with Crippen LogP contribution < -0.4 is 5.32 Å². The lowest BCUT2D eigenvalue weighted by Gasteiger charge is -2.24. The number of nitrogens with one attached hydrogen (secondary N) is 1. The molecule has 1 aliphatic rings. The van der Waals surface area contributed by atoms with E-state index in [4.69, 9.17) is 11.6 Å². The Labute approximate surface area is 198 Å². The first kappa shape index (κ1) is 22.4. The van der Waals surface area contributed by atoms with Crippen LogP contribution in [-0.2, 0) is 17.8 Å². The van der Waals surface area contributed by atoms with E-state index < -0.39 is 0 Å². The highest BCUT2D eigenvalue weighted by Crippen LogP contribution is 2.39. The maximum absolute atomic E-state index is 12.5. The molecular formula is C26H25ClN2O2S. The van der Waals surface area contributed by atoms with Gasteiger partial charge in [-0.05, 0) is 53.8 Å². The molecule has 1 aliphatic heterocycles. The Morgan fingerprint density at radius 2 is 1.69 bits per heavy atom. The van der Waals surface area contributed by atoms with Gasteiger partial charge in [0.2, 0.25) is 5.91 Å². The molecule has 0 unspecified atom stereocenters. The van der Waals surface area contributed by atoms with Crippen molar-refractivity contribution in [3.05, 3.63) is 106 Å². The van der Waals surface area contributed by atoms with Gasteiger partial charge in [0.15, 0.2) is 0 Å². The van der Waals surface area contributed by atoms with Crippen molar-refractivity contribution >= 4 is 35.2 Å². The number of hydrogen-bond acceptors (Lipinski definition) is 3. The topological polar surface area (TPSA) is 49.4 Å². The zero-order valence-electron chi connectivity index (χ0n) is 17.7. The average Bonchev–Trinajstić information content (AvgIpc) is 3.19. The molecule has 6 heteroatoms. The Morgan fingerprint density at radius 1 is 0.969 bits per heavy atom. The molecule has 3 aromatic rings. The summed E-state index contributed by atoms with van der Waals surface area (Å²) in [4.78, 5) is 26.8. The summed E-state index contributed by atoms with van der Waals surface area (Å²) in [6.45, 7) is 1.18. The van der Waals surface area contributed by atoms with Gasteiger partial charge in [-0.15, -0.1) is 11.8 Å². The maximum atomic E-state index is 12.5. The molecule has 0 aliphatic carbocycles. The molecule has 0 spiro atoms. The molecule has 1 heterocycles. The first-order valence-corrected chi connectivity index (χ1v) is 12.1. The van der Waals surface area contributed by atoms with E-state index in [9.17, 15) is 9.59 Å². The molecule has 0 radical (unpaired) electrons. The Hall–Kier alpha value is -2.76. The van der Waals surface area contributed by atoms with Crippen LogP contribution in [0.3, 0.4) is 0 Å². The van der Waals surface area contributed by atoms with E-state index in [0.29, 0.717) is 29.4 Å². The summed E-state index contributed by atoms with van der Waals surface area (Å²) < 4.78 is 0. The van der Waals surface area contributed by atoms with E-state index >= 15 is 0 Å². The Balaban J connectivity index is 1.33. The van der Waals surface area contributed by atoms with Gasteiger partial charge in [-0.25, -0.2) is 0 Å². The van der Waals surface area contributed by atoms with Gasteiger partial charge in [-0.1, -0.05) is 66.2 Å². The highest BCUT2D eigenvalue weighted by atomic mass is 35.5. The van der Waals surface area contributed by atoms with Crippen LogP contribution in [0.25, 0.3) is 0 Å². The number of thioether (sulfide) groups is 1. The van der Waals surface area contributed by atoms with Gasteiger partial charge >= 0.3 is 0 Å². The van der Waals surface area contributed by atoms with Gasteiger partial charge < -0.3 is 10.2 Å². The Bertz CT molecular complexity index is 1060. The molecule has 32 heavy (non-hydrogen) atoms. The summed E-state index contributed by atoms with van der Waals surface area (Å²) in [5.74, 6) is 0.509. The van der Waals surface area contributed by atoms with Gasteiger partial charge in [0.1, 0.15) is 5.37 Å². The lowest BCUT2D eigenvalue weighted by Crippen LogP contribution is -2.28. The molecule has 0 bridgehead atoms. The lowest BCUT2D eigenvalue weighted by atomic mass is 10.1. The van der Waals surface area contributed by atoms with Gasteiger partial charge in [-0.3, -0.25) is 9.59 Å². The van der Waals surface area contributed by atoms with E-state index in [0.717, 1.165) is 24.0 Å². The normalized spacial score (nSPS) is 15.7. The minimum absolute atomic E-state index is 0.0545. The smallest absolute Gasteiger partial charge is 0.251 e. The van der Waals surface area contributed by atoms with Crippen LogP contribution in [0.15, 0.2) is 78.9 Å². The number of amides is 2. The van der Waals surface area contributed by atoms with E-state index in [-0.39, 0.29) is 17.2 Å². The van der Waals surface area contributed by atoms with Crippen molar-refractivity contribution in [2.24, 2.45) is 0 Å². The summed E-state index contributed by atoms with van der Waals surface area (Å²) >= 11 is 7.59. The zero-order chi connectivity index (χ0) is 22.3. The Kier molecular flexibility index (Phi) is 7.51. The molecule has 1 saturated heterocycles. The van der Waals surface area contributed by atoms with E-state index in [1.54, 1.807) is 11.8 Å². The largest absolute Gasteiger partial charge is 0.352 e. The predicted molar refractivity (Wildman–Crippen MR) is 131 cm³/mol. The molecule has 4 nitrogen and oxygen atoms in total. The summed E-state index contributed by atoms with van der Waals surface area (Å²) in [6.07, 6.45) is 1.84. The van der Waals surface area contributed by atoms with Crippen molar-refractivity contribution in [3.8, 4) is 0 Å². The third kappa shape index (κ3) is 5.72. The van der Waals surface area contributed by atoms with Crippen LogP contribution in [0.4, 0.5) is 0 Å². The fraction of sp³-hybridized carbons (Fsp3) is 0.231. The summed E-state index contributed by atoms with van der Waals surface area (Å²) in [5.41, 5.74) is 3.97. The fourth-order valence-electron chi connectivity index (χ4n) is 3.73. The van der Waals surface area contributed by atoms with Crippen LogP contribution in [0.5, 0.6) is 0 Å². The molecule has 4 rings (SSSR count). The maximum Gasteiger partial charge on any atom is 0.251 e. The first-order chi connectivity index (χ1) is 15.6. The molecular weight excluding hydrogens is 440 g/mol. The quantitative estimate of drug-likeness (QED) is 0.449. The molecule has 2 amide bonds. The van der Waals surface area contributed by atoms with Gasteiger partial charge in [0.05, 0.1) is 5.75 Å². The van der Waals surface area contributed by atoms with Crippen molar-refractivity contribution in [1.82, 2.24) is 10.2 Å². The molecule has 0 aromatic heterocycles. The molecule has 1 N–H and O–H groups in total. The number of halogens is 1. The van der Waals surface area contributed by atoms with Gasteiger partial charge in [-0.2, -0.15) is 0 Å². The number of hydrogen-bond donors (Lipinski definition) is 1. The standard InChI is InChI=1S/C26H25ClN2O2S/c27-23-14-8-20(9-15-23)17-29-24(30)18-32-26(29)22-12-10-21(11-13-22)25(31)28-16-4-7-19-5-2-1-3-6-19/h1-3,5-6,8-15,26H,4,7,16-18H2,(H,28,31)/t26-/m1/s1. The number of rotatable bonds is 8. The molecule has 0 saturated carbocycles. The summed E-state index contributed by atoms with van der Waals surface area (Å²) in [7, 11) is 0. The van der Waals surface area contributed by atoms with E-state index in [2.05, 4.69) is 17.4 Å².